The lowest BCUT2D eigenvalue weighted by atomic mass is 9.92. The summed E-state index contributed by atoms with van der Waals surface area (Å²) in [5, 5.41) is 0. The summed E-state index contributed by atoms with van der Waals surface area (Å²) in [5.74, 6) is 2.48. The van der Waals surface area contributed by atoms with Gasteiger partial charge in [0.25, 0.3) is 0 Å². The van der Waals surface area contributed by atoms with Crippen molar-refractivity contribution < 1.29 is 4.74 Å². The van der Waals surface area contributed by atoms with Gasteiger partial charge < -0.3 is 10.5 Å². The van der Waals surface area contributed by atoms with Crippen molar-refractivity contribution in [3.05, 3.63) is 28.2 Å². The molecule has 3 heteroatoms. The maximum absolute atomic E-state index is 6.40. The Morgan fingerprint density at radius 1 is 1.42 bits per heavy atom. The van der Waals surface area contributed by atoms with Crippen LogP contribution in [0.25, 0.3) is 0 Å². The second-order valence-corrected chi connectivity index (χ2v) is 6.54. The smallest absolute Gasteiger partial charge is 0.133 e. The van der Waals surface area contributed by atoms with Crippen molar-refractivity contribution in [2.75, 3.05) is 7.11 Å². The van der Waals surface area contributed by atoms with Crippen LogP contribution in [0.4, 0.5) is 0 Å². The first kappa shape index (κ1) is 14.9. The molecule has 1 aliphatic rings. The molecule has 0 aromatic heterocycles. The summed E-state index contributed by atoms with van der Waals surface area (Å²) in [4.78, 5) is 0. The Kier molecular flexibility index (Phi) is 5.28. The lowest BCUT2D eigenvalue weighted by molar-refractivity contribution is 0.403. The van der Waals surface area contributed by atoms with Crippen LogP contribution in [0.3, 0.4) is 0 Å². The largest absolute Gasteiger partial charge is 0.496 e. The molecule has 0 spiro atoms. The molecule has 1 aliphatic carbocycles. The Hall–Kier alpha value is -0.540. The fraction of sp³-hybridized carbons (Fsp3) is 0.625. The molecule has 0 aliphatic heterocycles. The molecular formula is C16H24BrNO. The van der Waals surface area contributed by atoms with Crippen LogP contribution in [-0.2, 0) is 6.42 Å². The molecule has 2 N–H and O–H groups in total. The maximum Gasteiger partial charge on any atom is 0.133 e. The molecule has 0 radical (unpaired) electrons. The van der Waals surface area contributed by atoms with Crippen molar-refractivity contribution in [1.29, 1.82) is 0 Å². The van der Waals surface area contributed by atoms with Gasteiger partial charge in [-0.15, -0.1) is 0 Å². The third-order valence-corrected chi connectivity index (χ3v) is 5.07. The summed E-state index contributed by atoms with van der Waals surface area (Å²) in [6.07, 6.45) is 6.24. The second kappa shape index (κ2) is 6.76. The molecule has 1 fully saturated rings. The molecule has 0 saturated heterocycles. The van der Waals surface area contributed by atoms with E-state index in [2.05, 4.69) is 35.0 Å². The fourth-order valence-electron chi connectivity index (χ4n) is 3.15. The SMILES string of the molecule is CCC1CCC(C(N)Cc2ccc(OC)c(Br)c2)C1. The predicted octanol–water partition coefficient (Wildman–Crippen LogP) is 4.15. The van der Waals surface area contributed by atoms with E-state index in [-0.39, 0.29) is 6.04 Å². The highest BCUT2D eigenvalue weighted by Crippen LogP contribution is 2.35. The van der Waals surface area contributed by atoms with Gasteiger partial charge in [-0.1, -0.05) is 25.8 Å². The van der Waals surface area contributed by atoms with Crippen LogP contribution < -0.4 is 10.5 Å². The van der Waals surface area contributed by atoms with Crippen LogP contribution in [-0.4, -0.2) is 13.2 Å². The predicted molar refractivity (Wildman–Crippen MR) is 83.5 cm³/mol. The zero-order valence-electron chi connectivity index (χ0n) is 11.9. The minimum Gasteiger partial charge on any atom is -0.496 e. The molecule has 19 heavy (non-hydrogen) atoms. The Balaban J connectivity index is 1.95. The molecule has 0 amide bonds. The molecule has 2 nitrogen and oxygen atoms in total. The molecule has 1 aromatic rings. The number of nitrogens with two attached hydrogens (primary N) is 1. The monoisotopic (exact) mass is 325 g/mol. The topological polar surface area (TPSA) is 35.2 Å². The average Bonchev–Trinajstić information content (AvgIpc) is 2.88. The Morgan fingerprint density at radius 2 is 2.21 bits per heavy atom. The van der Waals surface area contributed by atoms with Crippen molar-refractivity contribution in [3.8, 4) is 5.75 Å². The summed E-state index contributed by atoms with van der Waals surface area (Å²) in [6, 6.07) is 6.55. The van der Waals surface area contributed by atoms with Gasteiger partial charge in [0.2, 0.25) is 0 Å². The van der Waals surface area contributed by atoms with Crippen molar-refractivity contribution in [2.24, 2.45) is 17.6 Å². The van der Waals surface area contributed by atoms with Gasteiger partial charge in [-0.25, -0.2) is 0 Å². The zero-order chi connectivity index (χ0) is 13.8. The van der Waals surface area contributed by atoms with E-state index in [1.807, 2.05) is 6.07 Å². The van der Waals surface area contributed by atoms with E-state index in [1.165, 1.54) is 31.2 Å². The van der Waals surface area contributed by atoms with Crippen molar-refractivity contribution in [3.63, 3.8) is 0 Å². The normalized spacial score (nSPS) is 24.4. The van der Waals surface area contributed by atoms with E-state index in [9.17, 15) is 0 Å². The Bertz CT molecular complexity index is 421. The van der Waals surface area contributed by atoms with E-state index < -0.39 is 0 Å². The van der Waals surface area contributed by atoms with Gasteiger partial charge in [0, 0.05) is 6.04 Å². The van der Waals surface area contributed by atoms with Gasteiger partial charge in [-0.2, -0.15) is 0 Å². The van der Waals surface area contributed by atoms with Gasteiger partial charge in [-0.3, -0.25) is 0 Å². The van der Waals surface area contributed by atoms with Crippen molar-refractivity contribution in [1.82, 2.24) is 0 Å². The molecule has 2 rings (SSSR count). The fourth-order valence-corrected chi connectivity index (χ4v) is 3.74. The van der Waals surface area contributed by atoms with Crippen LogP contribution >= 0.6 is 15.9 Å². The zero-order valence-corrected chi connectivity index (χ0v) is 13.4. The molecule has 106 valence electrons. The lowest BCUT2D eigenvalue weighted by Crippen LogP contribution is -2.30. The van der Waals surface area contributed by atoms with Gasteiger partial charge in [0.15, 0.2) is 0 Å². The molecular weight excluding hydrogens is 302 g/mol. The number of methoxy groups -OCH3 is 1. The quantitative estimate of drug-likeness (QED) is 0.882. The maximum atomic E-state index is 6.40. The van der Waals surface area contributed by atoms with Crippen LogP contribution in [0.15, 0.2) is 22.7 Å². The van der Waals surface area contributed by atoms with Gasteiger partial charge >= 0.3 is 0 Å². The number of benzene rings is 1. The molecule has 0 bridgehead atoms. The highest BCUT2D eigenvalue weighted by atomic mass is 79.9. The van der Waals surface area contributed by atoms with Crippen LogP contribution in [0, 0.1) is 11.8 Å². The van der Waals surface area contributed by atoms with Crippen LogP contribution in [0.5, 0.6) is 5.75 Å². The highest BCUT2D eigenvalue weighted by Gasteiger charge is 2.28. The van der Waals surface area contributed by atoms with E-state index in [0.717, 1.165) is 22.6 Å². The minimum absolute atomic E-state index is 0.289. The van der Waals surface area contributed by atoms with Crippen molar-refractivity contribution in [2.45, 2.75) is 45.1 Å². The molecule has 0 heterocycles. The third-order valence-electron chi connectivity index (χ3n) is 4.45. The number of hydrogen-bond donors (Lipinski definition) is 1. The number of ether oxygens (including phenoxy) is 1. The first-order valence-corrected chi connectivity index (χ1v) is 8.01. The summed E-state index contributed by atoms with van der Waals surface area (Å²) in [7, 11) is 1.69. The number of halogens is 1. The molecule has 1 aromatic carbocycles. The molecule has 1 saturated carbocycles. The summed E-state index contributed by atoms with van der Waals surface area (Å²) < 4.78 is 6.27. The lowest BCUT2D eigenvalue weighted by Gasteiger charge is -2.20. The first-order valence-electron chi connectivity index (χ1n) is 7.22. The molecule has 3 atom stereocenters. The van der Waals surface area contributed by atoms with Gasteiger partial charge in [0.1, 0.15) is 5.75 Å². The second-order valence-electron chi connectivity index (χ2n) is 5.68. The van der Waals surface area contributed by atoms with E-state index in [0.29, 0.717) is 5.92 Å². The Labute approximate surface area is 124 Å². The van der Waals surface area contributed by atoms with E-state index >= 15 is 0 Å². The Morgan fingerprint density at radius 3 is 2.79 bits per heavy atom. The third kappa shape index (κ3) is 3.73. The van der Waals surface area contributed by atoms with Gasteiger partial charge in [0.05, 0.1) is 11.6 Å². The first-order chi connectivity index (χ1) is 9.13. The van der Waals surface area contributed by atoms with Crippen LogP contribution in [0.2, 0.25) is 0 Å². The highest BCUT2D eigenvalue weighted by molar-refractivity contribution is 9.10. The van der Waals surface area contributed by atoms with Crippen LogP contribution in [0.1, 0.15) is 38.2 Å². The minimum atomic E-state index is 0.289. The number of rotatable bonds is 5. The number of hydrogen-bond acceptors (Lipinski definition) is 2. The summed E-state index contributed by atoms with van der Waals surface area (Å²) >= 11 is 3.54. The summed E-state index contributed by atoms with van der Waals surface area (Å²) in [5.41, 5.74) is 7.69. The van der Waals surface area contributed by atoms with Gasteiger partial charge in [-0.05, 0) is 64.7 Å². The van der Waals surface area contributed by atoms with E-state index in [4.69, 9.17) is 10.5 Å². The summed E-state index contributed by atoms with van der Waals surface area (Å²) in [6.45, 7) is 2.29. The van der Waals surface area contributed by atoms with E-state index in [1.54, 1.807) is 7.11 Å². The van der Waals surface area contributed by atoms with Crippen molar-refractivity contribution >= 4 is 15.9 Å². The molecule has 3 unspecified atom stereocenters. The average molecular weight is 326 g/mol. The standard InChI is InChI=1S/C16H24BrNO/c1-3-11-4-6-13(8-11)15(18)10-12-5-7-16(19-2)14(17)9-12/h5,7,9,11,13,15H,3-4,6,8,10,18H2,1-2H3.